The second-order valence-electron chi connectivity index (χ2n) is 3.39. The Morgan fingerprint density at radius 1 is 1.62 bits per heavy atom. The Bertz CT molecular complexity index is 178. The van der Waals surface area contributed by atoms with E-state index in [4.69, 9.17) is 5.73 Å². The number of hydrogen-bond acceptors (Lipinski definition) is 2. The van der Waals surface area contributed by atoms with Crippen molar-refractivity contribution in [2.24, 2.45) is 11.7 Å². The van der Waals surface area contributed by atoms with Crippen LogP contribution in [0, 0.1) is 5.92 Å². The average Bonchev–Trinajstić information content (AvgIpc) is 2.10. The van der Waals surface area contributed by atoms with Gasteiger partial charge in [-0.1, -0.05) is 19.1 Å². The Hall–Kier alpha value is -0.830. The lowest BCUT2D eigenvalue weighted by Crippen LogP contribution is -2.40. The molecule has 0 unspecified atom stereocenters. The Morgan fingerprint density at radius 2 is 2.23 bits per heavy atom. The summed E-state index contributed by atoms with van der Waals surface area (Å²) in [5.41, 5.74) is 5.20. The van der Waals surface area contributed by atoms with Crippen molar-refractivity contribution in [3.05, 3.63) is 12.2 Å². The zero-order valence-corrected chi connectivity index (χ0v) is 8.71. The molecule has 0 radical (unpaired) electrons. The number of carbonyl (C=O) groups excluding carboxylic acids is 1. The fourth-order valence-corrected chi connectivity index (χ4v) is 1.24. The lowest BCUT2D eigenvalue weighted by molar-refractivity contribution is -0.120. The van der Waals surface area contributed by atoms with Crippen LogP contribution < -0.4 is 11.1 Å². The Labute approximate surface area is 80.4 Å². The van der Waals surface area contributed by atoms with E-state index in [0.717, 1.165) is 12.8 Å². The lowest BCUT2D eigenvalue weighted by atomic mass is 9.98. The van der Waals surface area contributed by atoms with E-state index in [1.165, 1.54) is 0 Å². The molecule has 13 heavy (non-hydrogen) atoms. The molecule has 0 aromatic carbocycles. The van der Waals surface area contributed by atoms with Gasteiger partial charge in [-0.2, -0.15) is 0 Å². The first kappa shape index (κ1) is 12.2. The highest BCUT2D eigenvalue weighted by atomic mass is 16.1. The molecule has 76 valence electrons. The fourth-order valence-electron chi connectivity index (χ4n) is 1.24. The molecule has 3 N–H and O–H groups in total. The van der Waals surface area contributed by atoms with Crippen molar-refractivity contribution in [2.75, 3.05) is 7.05 Å². The zero-order chi connectivity index (χ0) is 10.3. The summed E-state index contributed by atoms with van der Waals surface area (Å²) in [5, 5.41) is 2.91. The SMILES string of the molecule is C/C=C/C[C@@H](C)C[C@@H](NC)C(N)=O. The first-order valence-corrected chi connectivity index (χ1v) is 4.69. The van der Waals surface area contributed by atoms with Crippen LogP contribution in [0.15, 0.2) is 12.2 Å². The molecule has 0 spiro atoms. The molecule has 2 atom stereocenters. The number of amides is 1. The van der Waals surface area contributed by atoms with Gasteiger partial charge in [-0.15, -0.1) is 0 Å². The predicted molar refractivity (Wildman–Crippen MR) is 55.3 cm³/mol. The second kappa shape index (κ2) is 6.66. The van der Waals surface area contributed by atoms with Crippen molar-refractivity contribution in [1.29, 1.82) is 0 Å². The third-order valence-corrected chi connectivity index (χ3v) is 2.10. The minimum Gasteiger partial charge on any atom is -0.368 e. The molecular formula is C10H20N2O. The Morgan fingerprint density at radius 3 is 2.62 bits per heavy atom. The highest BCUT2D eigenvalue weighted by molar-refractivity contribution is 5.79. The van der Waals surface area contributed by atoms with Crippen molar-refractivity contribution in [2.45, 2.75) is 32.7 Å². The topological polar surface area (TPSA) is 55.1 Å². The summed E-state index contributed by atoms with van der Waals surface area (Å²) in [6.07, 6.45) is 5.94. The monoisotopic (exact) mass is 184 g/mol. The summed E-state index contributed by atoms with van der Waals surface area (Å²) in [6.45, 7) is 4.11. The van der Waals surface area contributed by atoms with E-state index >= 15 is 0 Å². The first-order valence-electron chi connectivity index (χ1n) is 4.69. The van der Waals surface area contributed by atoms with E-state index in [-0.39, 0.29) is 11.9 Å². The molecule has 0 aromatic rings. The molecule has 0 saturated carbocycles. The Balaban J connectivity index is 3.86. The van der Waals surface area contributed by atoms with Crippen molar-refractivity contribution in [3.8, 4) is 0 Å². The molecule has 0 fully saturated rings. The number of rotatable bonds is 6. The molecule has 0 aliphatic heterocycles. The summed E-state index contributed by atoms with van der Waals surface area (Å²) < 4.78 is 0. The van der Waals surface area contributed by atoms with Gasteiger partial charge < -0.3 is 11.1 Å². The molecule has 0 rings (SSSR count). The quantitative estimate of drug-likeness (QED) is 0.606. The fraction of sp³-hybridized carbons (Fsp3) is 0.700. The molecule has 3 nitrogen and oxygen atoms in total. The largest absolute Gasteiger partial charge is 0.368 e. The van der Waals surface area contributed by atoms with Crippen LogP contribution in [0.3, 0.4) is 0 Å². The van der Waals surface area contributed by atoms with Gasteiger partial charge in [0, 0.05) is 0 Å². The van der Waals surface area contributed by atoms with Gasteiger partial charge in [0.15, 0.2) is 0 Å². The molecule has 0 bridgehead atoms. The highest BCUT2D eigenvalue weighted by Gasteiger charge is 2.15. The van der Waals surface area contributed by atoms with Gasteiger partial charge in [-0.3, -0.25) is 4.79 Å². The van der Waals surface area contributed by atoms with E-state index in [2.05, 4.69) is 18.3 Å². The van der Waals surface area contributed by atoms with Crippen LogP contribution >= 0.6 is 0 Å². The summed E-state index contributed by atoms with van der Waals surface area (Å²) in [5.74, 6) is 0.218. The van der Waals surface area contributed by atoms with Crippen LogP contribution in [0.1, 0.15) is 26.7 Å². The molecular weight excluding hydrogens is 164 g/mol. The van der Waals surface area contributed by atoms with Gasteiger partial charge in [0.1, 0.15) is 0 Å². The standard InChI is InChI=1S/C10H20N2O/c1-4-5-6-8(2)7-9(12-3)10(11)13/h4-5,8-9,12H,6-7H2,1-3H3,(H2,11,13)/b5-4+/t8-,9-/m1/s1. The van der Waals surface area contributed by atoms with Crippen molar-refractivity contribution < 1.29 is 4.79 Å². The molecule has 0 heterocycles. The van der Waals surface area contributed by atoms with Gasteiger partial charge in [-0.05, 0) is 32.7 Å². The van der Waals surface area contributed by atoms with Crippen LogP contribution in [-0.2, 0) is 4.79 Å². The summed E-state index contributed by atoms with van der Waals surface area (Å²) >= 11 is 0. The number of hydrogen-bond donors (Lipinski definition) is 2. The van der Waals surface area contributed by atoms with Crippen LogP contribution in [0.5, 0.6) is 0 Å². The van der Waals surface area contributed by atoms with Gasteiger partial charge in [0.2, 0.25) is 5.91 Å². The zero-order valence-electron chi connectivity index (χ0n) is 8.71. The average molecular weight is 184 g/mol. The molecule has 1 amide bonds. The van der Waals surface area contributed by atoms with Gasteiger partial charge in [0.25, 0.3) is 0 Å². The molecule has 3 heteroatoms. The maximum atomic E-state index is 10.9. The first-order chi connectivity index (χ1) is 6.11. The molecule has 0 saturated heterocycles. The van der Waals surface area contributed by atoms with Crippen LogP contribution in [0.2, 0.25) is 0 Å². The summed E-state index contributed by atoms with van der Waals surface area (Å²) in [4.78, 5) is 10.9. The number of likely N-dealkylation sites (N-methyl/N-ethyl adjacent to an activating group) is 1. The molecule has 0 aliphatic carbocycles. The minimum atomic E-state index is -0.269. The van der Waals surface area contributed by atoms with Crippen molar-refractivity contribution >= 4 is 5.91 Å². The van der Waals surface area contributed by atoms with Crippen LogP contribution in [-0.4, -0.2) is 19.0 Å². The van der Waals surface area contributed by atoms with Gasteiger partial charge in [0.05, 0.1) is 6.04 Å². The predicted octanol–water partition coefficient (Wildman–Crippen LogP) is 1.05. The number of allylic oxidation sites excluding steroid dienone is 2. The lowest BCUT2D eigenvalue weighted by Gasteiger charge is -2.16. The van der Waals surface area contributed by atoms with Crippen LogP contribution in [0.25, 0.3) is 0 Å². The van der Waals surface area contributed by atoms with Crippen molar-refractivity contribution in [3.63, 3.8) is 0 Å². The van der Waals surface area contributed by atoms with E-state index < -0.39 is 0 Å². The Kier molecular flexibility index (Phi) is 6.24. The minimum absolute atomic E-state index is 0.194. The second-order valence-corrected chi connectivity index (χ2v) is 3.39. The van der Waals surface area contributed by atoms with Gasteiger partial charge >= 0.3 is 0 Å². The third-order valence-electron chi connectivity index (χ3n) is 2.10. The molecule has 0 aromatic heterocycles. The maximum absolute atomic E-state index is 10.9. The molecule has 0 aliphatic rings. The van der Waals surface area contributed by atoms with Gasteiger partial charge in [-0.25, -0.2) is 0 Å². The summed E-state index contributed by atoms with van der Waals surface area (Å²) in [6, 6.07) is -0.194. The van der Waals surface area contributed by atoms with E-state index in [9.17, 15) is 4.79 Å². The number of primary amides is 1. The van der Waals surface area contributed by atoms with Crippen LogP contribution in [0.4, 0.5) is 0 Å². The van der Waals surface area contributed by atoms with Crippen molar-refractivity contribution in [1.82, 2.24) is 5.32 Å². The van der Waals surface area contributed by atoms with E-state index in [0.29, 0.717) is 5.92 Å². The number of nitrogens with one attached hydrogen (secondary N) is 1. The number of nitrogens with two attached hydrogens (primary N) is 1. The number of carbonyl (C=O) groups is 1. The summed E-state index contributed by atoms with van der Waals surface area (Å²) in [7, 11) is 1.76. The van der Waals surface area contributed by atoms with E-state index in [1.807, 2.05) is 13.0 Å². The highest BCUT2D eigenvalue weighted by Crippen LogP contribution is 2.10. The normalized spacial score (nSPS) is 15.9. The smallest absolute Gasteiger partial charge is 0.234 e. The third kappa shape index (κ3) is 5.42. The van der Waals surface area contributed by atoms with E-state index in [1.54, 1.807) is 7.05 Å². The maximum Gasteiger partial charge on any atom is 0.234 e.